The third-order valence-corrected chi connectivity index (χ3v) is 15.3. The van der Waals surface area contributed by atoms with E-state index in [1.54, 1.807) is 20.4 Å². The molecule has 0 saturated carbocycles. The van der Waals surface area contributed by atoms with Crippen molar-refractivity contribution in [3.63, 3.8) is 0 Å². The fourth-order valence-electron chi connectivity index (χ4n) is 11.4. The zero-order valence-corrected chi connectivity index (χ0v) is 42.1. The number of methoxy groups -OCH3 is 2. The zero-order valence-electron chi connectivity index (χ0n) is 41.3. The monoisotopic (exact) mass is 1040 g/mol. The molecule has 0 spiro atoms. The largest absolute Gasteiger partial charge is 0.497 e. The third-order valence-electron chi connectivity index (χ3n) is 15.0. The van der Waals surface area contributed by atoms with Crippen molar-refractivity contribution in [3.05, 3.63) is 112 Å². The van der Waals surface area contributed by atoms with Gasteiger partial charge in [0, 0.05) is 55.4 Å². The summed E-state index contributed by atoms with van der Waals surface area (Å²) in [7, 11) is 3.24. The number of anilines is 2. The molecule has 74 heavy (non-hydrogen) atoms. The van der Waals surface area contributed by atoms with Gasteiger partial charge in [0.25, 0.3) is 0 Å². The van der Waals surface area contributed by atoms with E-state index in [9.17, 15) is 0 Å². The maximum absolute atomic E-state index is 18.2. The molecular formula is C54H55ClF5N9O5. The molecule has 11 rings (SSSR count). The fourth-order valence-corrected chi connectivity index (χ4v) is 11.7. The minimum absolute atomic E-state index is 0.000382. The van der Waals surface area contributed by atoms with Gasteiger partial charge in [0.15, 0.2) is 12.0 Å². The Kier molecular flexibility index (Phi) is 13.4. The smallest absolute Gasteiger partial charge is 0.418 e. The van der Waals surface area contributed by atoms with Gasteiger partial charge in [-0.05, 0) is 100 Å². The first kappa shape index (κ1) is 49.6. The number of rotatable bonds is 14. The van der Waals surface area contributed by atoms with E-state index >= 15 is 22.0 Å². The lowest BCUT2D eigenvalue weighted by Gasteiger charge is -2.37. The standard InChI is InChI=1S/C54H55ClF5N9O5/c1-31-29-73-51-44-48(46(57)47(63-51)43-39-25-62-69(42-10-5-6-22-72-42)41(39)23-40(55)45(43)54(58,59)60)64-52(74-30-53-19-8-21-67(53)28-35(56)24-53)65-50(44)68(31)32(2)38-9-7-20-61-49(38)66(26-33-11-15-36(70-3)16-12-33)27-34-13-17-37(71-4)18-14-34/h7,9,11-18,20,23,25,31-32,35,42H,5-6,8,10,19,21-22,24,26-30H2,1-4H3/t31-,32+,35+,42?,53-/m0/s1. The molecule has 4 aliphatic rings. The van der Waals surface area contributed by atoms with Gasteiger partial charge in [-0.25, -0.2) is 23.4 Å². The molecule has 0 N–H and O–H groups in total. The number of benzene rings is 3. The second kappa shape index (κ2) is 19.9. The summed E-state index contributed by atoms with van der Waals surface area (Å²) in [5, 5.41) is 3.79. The molecule has 3 saturated heterocycles. The van der Waals surface area contributed by atoms with E-state index in [0.29, 0.717) is 44.9 Å². The highest BCUT2D eigenvalue weighted by Gasteiger charge is 2.50. The fraction of sp³-hybridized carbons (Fsp3) is 0.426. The maximum atomic E-state index is 18.2. The Morgan fingerprint density at radius 3 is 2.36 bits per heavy atom. The molecule has 0 radical (unpaired) electrons. The second-order valence-corrected chi connectivity index (χ2v) is 20.1. The van der Waals surface area contributed by atoms with Crippen LogP contribution in [-0.2, 0) is 24.0 Å². The lowest BCUT2D eigenvalue weighted by atomic mass is 9.95. The Labute approximate surface area is 429 Å². The number of halogens is 6. The van der Waals surface area contributed by atoms with Crippen molar-refractivity contribution in [1.82, 2.24) is 34.6 Å². The summed E-state index contributed by atoms with van der Waals surface area (Å²) in [6, 6.07) is 19.3. The molecule has 0 bridgehead atoms. The van der Waals surface area contributed by atoms with Gasteiger partial charge in [0.2, 0.25) is 5.88 Å². The van der Waals surface area contributed by atoms with Gasteiger partial charge >= 0.3 is 12.2 Å². The van der Waals surface area contributed by atoms with Crippen molar-refractivity contribution in [3.8, 4) is 34.6 Å². The molecule has 5 atom stereocenters. The van der Waals surface area contributed by atoms with Gasteiger partial charge in [0.1, 0.15) is 59.1 Å². The summed E-state index contributed by atoms with van der Waals surface area (Å²) in [4.78, 5) is 25.6. The summed E-state index contributed by atoms with van der Waals surface area (Å²) < 4.78 is 111. The van der Waals surface area contributed by atoms with E-state index in [1.165, 1.54) is 16.9 Å². The number of alkyl halides is 4. The van der Waals surface area contributed by atoms with Crippen LogP contribution < -0.4 is 28.7 Å². The Morgan fingerprint density at radius 2 is 1.69 bits per heavy atom. The van der Waals surface area contributed by atoms with Crippen LogP contribution in [0.5, 0.6) is 23.4 Å². The highest BCUT2D eigenvalue weighted by molar-refractivity contribution is 6.33. The van der Waals surface area contributed by atoms with Crippen molar-refractivity contribution in [1.29, 1.82) is 0 Å². The molecule has 8 heterocycles. The van der Waals surface area contributed by atoms with Crippen molar-refractivity contribution < 1.29 is 45.6 Å². The van der Waals surface area contributed by atoms with E-state index < -0.39 is 63.9 Å². The number of ether oxygens (including phenoxy) is 5. The van der Waals surface area contributed by atoms with Crippen molar-refractivity contribution in [2.45, 2.75) is 102 Å². The van der Waals surface area contributed by atoms with Gasteiger partial charge in [-0.15, -0.1) is 0 Å². The van der Waals surface area contributed by atoms with E-state index in [1.807, 2.05) is 79.4 Å². The van der Waals surface area contributed by atoms with Crippen molar-refractivity contribution in [2.75, 3.05) is 56.9 Å². The van der Waals surface area contributed by atoms with Crippen molar-refractivity contribution >= 4 is 45.0 Å². The topological polar surface area (TPSA) is 125 Å². The number of hydrogen-bond donors (Lipinski definition) is 0. The number of nitrogens with zero attached hydrogens (tertiary/aromatic N) is 9. The van der Waals surface area contributed by atoms with Crippen LogP contribution in [0.4, 0.5) is 33.6 Å². The molecule has 388 valence electrons. The third kappa shape index (κ3) is 9.14. The van der Waals surface area contributed by atoms with Crippen LogP contribution in [0, 0.1) is 5.82 Å². The van der Waals surface area contributed by atoms with Crippen LogP contribution in [0.3, 0.4) is 0 Å². The molecule has 20 heteroatoms. The Hall–Kier alpha value is -6.57. The Morgan fingerprint density at radius 1 is 0.959 bits per heavy atom. The number of aromatic nitrogens is 6. The number of fused-ring (bicyclic) bond motifs is 2. The Bertz CT molecular complexity index is 3150. The quantitative estimate of drug-likeness (QED) is 0.0961. The van der Waals surface area contributed by atoms with E-state index in [4.69, 9.17) is 45.3 Å². The van der Waals surface area contributed by atoms with Gasteiger partial charge < -0.3 is 33.5 Å². The number of pyridine rings is 2. The van der Waals surface area contributed by atoms with Crippen LogP contribution in [0.25, 0.3) is 33.1 Å². The van der Waals surface area contributed by atoms with Gasteiger partial charge in [-0.3, -0.25) is 4.90 Å². The average Bonchev–Trinajstić information content (AvgIpc) is 4.07. The van der Waals surface area contributed by atoms with E-state index in [0.717, 1.165) is 47.5 Å². The molecule has 4 aromatic heterocycles. The molecule has 0 aliphatic carbocycles. The second-order valence-electron chi connectivity index (χ2n) is 19.7. The van der Waals surface area contributed by atoms with Crippen LogP contribution in [0.15, 0.2) is 79.1 Å². The summed E-state index contributed by atoms with van der Waals surface area (Å²) in [5.74, 6) is 0.888. The van der Waals surface area contributed by atoms with Crippen LogP contribution in [0.1, 0.15) is 86.9 Å². The van der Waals surface area contributed by atoms with Gasteiger partial charge in [-0.2, -0.15) is 28.2 Å². The molecule has 7 aromatic rings. The van der Waals surface area contributed by atoms with Crippen LogP contribution in [-0.4, -0.2) is 99.5 Å². The SMILES string of the molecule is COc1ccc(CN(Cc2ccc(OC)cc2)c2ncccc2[C@@H](C)N2c3nc(OC[C@@]45CCCN4C[C@H](F)C5)nc4c(F)c(-c5c(C(F)(F)F)c(Cl)cc6c5cnn6C5CCCCO5)nc(c34)OC[C@@H]2C)cc1. The van der Waals surface area contributed by atoms with Gasteiger partial charge in [0.05, 0.1) is 54.1 Å². The predicted molar refractivity (Wildman–Crippen MR) is 269 cm³/mol. The Balaban J connectivity index is 1.08. The lowest BCUT2D eigenvalue weighted by Crippen LogP contribution is -2.43. The molecule has 0 amide bonds. The summed E-state index contributed by atoms with van der Waals surface area (Å²) in [6.07, 6.45) is 0.252. The first-order valence-electron chi connectivity index (χ1n) is 24.9. The van der Waals surface area contributed by atoms with Gasteiger partial charge in [-0.1, -0.05) is 41.9 Å². The van der Waals surface area contributed by atoms with E-state index in [2.05, 4.69) is 24.9 Å². The predicted octanol–water partition coefficient (Wildman–Crippen LogP) is 11.5. The summed E-state index contributed by atoms with van der Waals surface area (Å²) >= 11 is 6.60. The molecule has 4 aliphatic heterocycles. The lowest BCUT2D eigenvalue weighted by molar-refractivity contribution is -0.136. The minimum atomic E-state index is -5.06. The average molecular weight is 1040 g/mol. The van der Waals surface area contributed by atoms with Crippen LogP contribution >= 0.6 is 11.6 Å². The molecular weight excluding hydrogens is 985 g/mol. The van der Waals surface area contributed by atoms with E-state index in [-0.39, 0.29) is 65.7 Å². The number of hydrogen-bond acceptors (Lipinski definition) is 13. The van der Waals surface area contributed by atoms with Crippen LogP contribution in [0.2, 0.25) is 5.02 Å². The molecule has 1 unspecified atom stereocenters. The summed E-state index contributed by atoms with van der Waals surface area (Å²) in [6.45, 7) is 6.14. The molecule has 3 aromatic carbocycles. The zero-order chi connectivity index (χ0) is 51.5. The molecule has 3 fully saturated rings. The molecule has 14 nitrogen and oxygen atoms in total. The highest BCUT2D eigenvalue weighted by Crippen LogP contribution is 2.50. The first-order valence-corrected chi connectivity index (χ1v) is 25.3. The normalized spacial score (nSPS) is 21.4. The minimum Gasteiger partial charge on any atom is -0.497 e. The first-order chi connectivity index (χ1) is 35.7. The maximum Gasteiger partial charge on any atom is 0.418 e. The summed E-state index contributed by atoms with van der Waals surface area (Å²) in [5.41, 5.74) is -0.663. The van der Waals surface area contributed by atoms with Crippen molar-refractivity contribution in [2.24, 2.45) is 0 Å². The highest BCUT2D eigenvalue weighted by atomic mass is 35.5.